The fourth-order valence-electron chi connectivity index (χ4n) is 5.55. The molecular formula is C32H22N4O2. The minimum absolute atomic E-state index is 0.0543. The molecular weight excluding hydrogens is 472 g/mol. The van der Waals surface area contributed by atoms with Crippen LogP contribution in [0.1, 0.15) is 0 Å². The molecule has 0 N–H and O–H groups in total. The lowest BCUT2D eigenvalue weighted by Crippen LogP contribution is -1.97. The maximum atomic E-state index is 12.4. The number of para-hydroxylation sites is 4. The molecule has 0 aliphatic carbocycles. The molecule has 0 unspecified atom stereocenters. The van der Waals surface area contributed by atoms with Gasteiger partial charge in [0.25, 0.3) is 5.69 Å². The Labute approximate surface area is 218 Å². The Bertz CT molecular complexity index is 2020. The third-order valence-electron chi connectivity index (χ3n) is 7.24. The summed E-state index contributed by atoms with van der Waals surface area (Å²) in [5.41, 5.74) is 7.11. The number of aromatic nitrogens is 3. The number of nitrogens with zero attached hydrogens (tertiary/aromatic N) is 4. The number of hydrogen-bond acceptors (Lipinski definition) is 3. The quantitative estimate of drug-likeness (QED) is 0.184. The van der Waals surface area contributed by atoms with Gasteiger partial charge < -0.3 is 9.13 Å². The van der Waals surface area contributed by atoms with Crippen molar-refractivity contribution in [2.45, 2.75) is 0 Å². The molecule has 2 heterocycles. The normalized spacial score (nSPS) is 11.5. The average molecular weight is 495 g/mol. The standard InChI is InChI=1S/C32H22N4O2/c1-34-28-16-8-6-14-26(28)33-32(34)21-18-19-23(30(20-21)36(37)38)24-13-9-17-29-31(24)25-12-5-7-15-27(25)35(29)22-10-3-2-4-11-22/h2-20H,1H3. The lowest BCUT2D eigenvalue weighted by Gasteiger charge is -2.10. The molecule has 0 radical (unpaired) electrons. The molecule has 2 aromatic heterocycles. The van der Waals surface area contributed by atoms with Gasteiger partial charge in [-0.3, -0.25) is 10.1 Å². The summed E-state index contributed by atoms with van der Waals surface area (Å²) in [5.74, 6) is 0.694. The van der Waals surface area contributed by atoms with Crippen molar-refractivity contribution < 1.29 is 4.92 Å². The van der Waals surface area contributed by atoms with Crippen molar-refractivity contribution in [3.63, 3.8) is 0 Å². The monoisotopic (exact) mass is 494 g/mol. The third-order valence-corrected chi connectivity index (χ3v) is 7.24. The molecule has 0 spiro atoms. The van der Waals surface area contributed by atoms with Crippen LogP contribution >= 0.6 is 0 Å². The van der Waals surface area contributed by atoms with Gasteiger partial charge in [-0.25, -0.2) is 4.98 Å². The smallest absolute Gasteiger partial charge is 0.277 e. The largest absolute Gasteiger partial charge is 0.327 e. The molecule has 38 heavy (non-hydrogen) atoms. The fraction of sp³-hybridized carbons (Fsp3) is 0.0312. The maximum absolute atomic E-state index is 12.4. The van der Waals surface area contributed by atoms with Gasteiger partial charge in [0.1, 0.15) is 5.82 Å². The van der Waals surface area contributed by atoms with E-state index in [9.17, 15) is 10.1 Å². The Morgan fingerprint density at radius 2 is 1.42 bits per heavy atom. The Morgan fingerprint density at radius 1 is 0.711 bits per heavy atom. The van der Waals surface area contributed by atoms with E-state index in [-0.39, 0.29) is 10.6 Å². The Kier molecular flexibility index (Phi) is 4.88. The van der Waals surface area contributed by atoms with Crippen LogP contribution in [0.2, 0.25) is 0 Å². The number of aryl methyl sites for hydroxylation is 1. The van der Waals surface area contributed by atoms with Gasteiger partial charge in [0.05, 0.1) is 32.6 Å². The molecule has 0 bridgehead atoms. The lowest BCUT2D eigenvalue weighted by atomic mass is 9.96. The number of benzene rings is 5. The first-order valence-corrected chi connectivity index (χ1v) is 12.4. The van der Waals surface area contributed by atoms with Gasteiger partial charge in [-0.2, -0.15) is 0 Å². The molecule has 5 aromatic carbocycles. The van der Waals surface area contributed by atoms with Crippen LogP contribution in [-0.4, -0.2) is 19.0 Å². The summed E-state index contributed by atoms with van der Waals surface area (Å²) in [6.07, 6.45) is 0. The van der Waals surface area contributed by atoms with Crippen LogP contribution in [0.25, 0.3) is 61.0 Å². The minimum Gasteiger partial charge on any atom is -0.327 e. The van der Waals surface area contributed by atoms with Crippen LogP contribution in [-0.2, 0) is 7.05 Å². The molecule has 0 saturated heterocycles. The van der Waals surface area contributed by atoms with E-state index in [4.69, 9.17) is 4.98 Å². The van der Waals surface area contributed by atoms with Crippen LogP contribution < -0.4 is 0 Å². The second kappa shape index (κ2) is 8.42. The SMILES string of the molecule is Cn1c(-c2ccc(-c3cccc4c3c3ccccc3n4-c3ccccc3)c([N+](=O)[O-])c2)nc2ccccc21. The van der Waals surface area contributed by atoms with Crippen LogP contribution in [0.15, 0.2) is 115 Å². The molecule has 0 amide bonds. The second-order valence-corrected chi connectivity index (χ2v) is 9.36. The topological polar surface area (TPSA) is 65.9 Å². The molecule has 6 nitrogen and oxygen atoms in total. The maximum Gasteiger partial charge on any atom is 0.277 e. The van der Waals surface area contributed by atoms with Crippen LogP contribution in [0.3, 0.4) is 0 Å². The van der Waals surface area contributed by atoms with E-state index >= 15 is 0 Å². The van der Waals surface area contributed by atoms with Crippen molar-refractivity contribution >= 4 is 38.5 Å². The highest BCUT2D eigenvalue weighted by Gasteiger charge is 2.23. The van der Waals surface area contributed by atoms with Gasteiger partial charge in [0, 0.05) is 35.1 Å². The van der Waals surface area contributed by atoms with Gasteiger partial charge in [-0.05, 0) is 48.0 Å². The Hall–Kier alpha value is -5.23. The van der Waals surface area contributed by atoms with Crippen LogP contribution in [0.4, 0.5) is 5.69 Å². The van der Waals surface area contributed by atoms with Crippen molar-refractivity contribution in [2.24, 2.45) is 7.05 Å². The number of nitro groups is 1. The first-order valence-electron chi connectivity index (χ1n) is 12.4. The third kappa shape index (κ3) is 3.24. The van der Waals surface area contributed by atoms with Gasteiger partial charge >= 0.3 is 0 Å². The van der Waals surface area contributed by atoms with Crippen molar-refractivity contribution in [1.29, 1.82) is 0 Å². The lowest BCUT2D eigenvalue weighted by molar-refractivity contribution is -0.384. The van der Waals surface area contributed by atoms with Gasteiger partial charge in [-0.15, -0.1) is 0 Å². The molecule has 7 aromatic rings. The van der Waals surface area contributed by atoms with Crippen molar-refractivity contribution in [3.8, 4) is 28.2 Å². The summed E-state index contributed by atoms with van der Waals surface area (Å²) in [7, 11) is 1.93. The highest BCUT2D eigenvalue weighted by atomic mass is 16.6. The number of nitro benzene ring substituents is 1. The number of fused-ring (bicyclic) bond motifs is 4. The second-order valence-electron chi connectivity index (χ2n) is 9.36. The van der Waals surface area contributed by atoms with Crippen molar-refractivity contribution in [1.82, 2.24) is 14.1 Å². The van der Waals surface area contributed by atoms with Crippen LogP contribution in [0, 0.1) is 10.1 Å². The van der Waals surface area contributed by atoms with Gasteiger partial charge in [0.2, 0.25) is 0 Å². The van der Waals surface area contributed by atoms with E-state index in [2.05, 4.69) is 34.9 Å². The molecule has 7 rings (SSSR count). The van der Waals surface area contributed by atoms with Gasteiger partial charge in [0.15, 0.2) is 0 Å². The zero-order chi connectivity index (χ0) is 25.8. The summed E-state index contributed by atoms with van der Waals surface area (Å²) in [6.45, 7) is 0. The zero-order valence-electron chi connectivity index (χ0n) is 20.6. The summed E-state index contributed by atoms with van der Waals surface area (Å²) in [5, 5.41) is 14.5. The molecule has 0 aliphatic heterocycles. The minimum atomic E-state index is -0.295. The van der Waals surface area contributed by atoms with Gasteiger partial charge in [-0.1, -0.05) is 66.7 Å². The summed E-state index contributed by atoms with van der Waals surface area (Å²) < 4.78 is 4.19. The van der Waals surface area contributed by atoms with E-state index in [1.807, 2.05) is 90.5 Å². The Balaban J connectivity index is 1.49. The van der Waals surface area contributed by atoms with E-state index in [1.165, 1.54) is 0 Å². The fourth-order valence-corrected chi connectivity index (χ4v) is 5.55. The summed E-state index contributed by atoms with van der Waals surface area (Å²) >= 11 is 0. The van der Waals surface area contributed by atoms with Crippen LogP contribution in [0.5, 0.6) is 0 Å². The number of rotatable bonds is 4. The highest BCUT2D eigenvalue weighted by Crippen LogP contribution is 2.42. The predicted octanol–water partition coefficient (Wildman–Crippen LogP) is 7.91. The molecule has 6 heteroatoms. The van der Waals surface area contributed by atoms with E-state index in [0.717, 1.165) is 44.1 Å². The highest BCUT2D eigenvalue weighted by molar-refractivity contribution is 6.16. The molecule has 0 fully saturated rings. The van der Waals surface area contributed by atoms with E-state index in [0.29, 0.717) is 17.0 Å². The summed E-state index contributed by atoms with van der Waals surface area (Å²) in [6, 6.07) is 37.7. The van der Waals surface area contributed by atoms with E-state index in [1.54, 1.807) is 6.07 Å². The van der Waals surface area contributed by atoms with Crippen molar-refractivity contribution in [3.05, 3.63) is 125 Å². The number of imidazole rings is 1. The Morgan fingerprint density at radius 3 is 2.21 bits per heavy atom. The molecule has 0 atom stereocenters. The first-order chi connectivity index (χ1) is 18.6. The zero-order valence-corrected chi connectivity index (χ0v) is 20.6. The predicted molar refractivity (Wildman–Crippen MR) is 153 cm³/mol. The molecule has 0 saturated carbocycles. The number of hydrogen-bond donors (Lipinski definition) is 0. The summed E-state index contributed by atoms with van der Waals surface area (Å²) in [4.78, 5) is 16.9. The molecule has 0 aliphatic rings. The molecule has 182 valence electrons. The van der Waals surface area contributed by atoms with E-state index < -0.39 is 0 Å². The average Bonchev–Trinajstić information content (AvgIpc) is 3.48. The van der Waals surface area contributed by atoms with Crippen molar-refractivity contribution in [2.75, 3.05) is 0 Å². The first kappa shape index (κ1) is 22.0.